The Labute approximate surface area is 119 Å². The molecular formula is C14H22N4O2. The molecule has 2 amide bonds. The van der Waals surface area contributed by atoms with Gasteiger partial charge in [0.1, 0.15) is 0 Å². The molecule has 6 heteroatoms. The van der Waals surface area contributed by atoms with Crippen molar-refractivity contribution in [3.63, 3.8) is 0 Å². The van der Waals surface area contributed by atoms with E-state index in [1.165, 1.54) is 0 Å². The lowest BCUT2D eigenvalue weighted by molar-refractivity contribution is -0.130. The van der Waals surface area contributed by atoms with Gasteiger partial charge in [-0.15, -0.1) is 0 Å². The summed E-state index contributed by atoms with van der Waals surface area (Å²) in [6, 6.07) is 0. The average Bonchev–Trinajstić information content (AvgIpc) is 2.80. The van der Waals surface area contributed by atoms with Gasteiger partial charge in [0.15, 0.2) is 0 Å². The first-order chi connectivity index (χ1) is 9.54. The maximum atomic E-state index is 12.6. The number of piperazine rings is 1. The van der Waals surface area contributed by atoms with E-state index in [0.717, 1.165) is 18.5 Å². The molecule has 1 saturated heterocycles. The van der Waals surface area contributed by atoms with E-state index in [-0.39, 0.29) is 11.8 Å². The van der Waals surface area contributed by atoms with E-state index in [0.29, 0.717) is 31.7 Å². The topological polar surface area (TPSA) is 58.4 Å². The number of nitrogens with zero attached hydrogens (tertiary/aromatic N) is 4. The molecule has 0 aliphatic carbocycles. The van der Waals surface area contributed by atoms with Crippen molar-refractivity contribution >= 4 is 11.8 Å². The number of aromatic nitrogens is 2. The Morgan fingerprint density at radius 2 is 1.80 bits per heavy atom. The number of amides is 2. The van der Waals surface area contributed by atoms with Gasteiger partial charge in [0.25, 0.3) is 5.91 Å². The smallest absolute Gasteiger partial charge is 0.257 e. The van der Waals surface area contributed by atoms with Gasteiger partial charge < -0.3 is 9.80 Å². The van der Waals surface area contributed by atoms with Crippen molar-refractivity contribution in [1.82, 2.24) is 19.6 Å². The van der Waals surface area contributed by atoms with E-state index < -0.39 is 0 Å². The van der Waals surface area contributed by atoms with E-state index in [1.807, 2.05) is 11.9 Å². The van der Waals surface area contributed by atoms with Gasteiger partial charge in [-0.25, -0.2) is 0 Å². The molecule has 0 unspecified atom stereocenters. The van der Waals surface area contributed by atoms with Crippen LogP contribution in [0, 0.1) is 0 Å². The number of hydrogen-bond acceptors (Lipinski definition) is 3. The highest BCUT2D eigenvalue weighted by atomic mass is 16.2. The number of hydrogen-bond donors (Lipinski definition) is 0. The van der Waals surface area contributed by atoms with E-state index in [2.05, 4.69) is 12.0 Å². The van der Waals surface area contributed by atoms with E-state index in [4.69, 9.17) is 0 Å². The molecule has 0 bridgehead atoms. The zero-order valence-electron chi connectivity index (χ0n) is 12.4. The molecule has 1 aliphatic heterocycles. The van der Waals surface area contributed by atoms with Gasteiger partial charge in [0.05, 0.1) is 17.5 Å². The molecule has 2 rings (SSSR count). The Balaban J connectivity index is 2.07. The maximum absolute atomic E-state index is 12.6. The summed E-state index contributed by atoms with van der Waals surface area (Å²) in [5.74, 6) is 0.106. The monoisotopic (exact) mass is 278 g/mol. The van der Waals surface area contributed by atoms with Crippen molar-refractivity contribution in [2.24, 2.45) is 7.05 Å². The predicted molar refractivity (Wildman–Crippen MR) is 75.4 cm³/mol. The minimum atomic E-state index is 0.0322. The lowest BCUT2D eigenvalue weighted by Crippen LogP contribution is -2.50. The fourth-order valence-electron chi connectivity index (χ4n) is 2.57. The zero-order chi connectivity index (χ0) is 14.7. The van der Waals surface area contributed by atoms with Crippen molar-refractivity contribution in [2.45, 2.75) is 26.7 Å². The van der Waals surface area contributed by atoms with Crippen molar-refractivity contribution in [3.8, 4) is 0 Å². The van der Waals surface area contributed by atoms with Crippen LogP contribution in [0.1, 0.15) is 36.3 Å². The molecule has 0 spiro atoms. The van der Waals surface area contributed by atoms with Crippen LogP contribution in [0.2, 0.25) is 0 Å². The quantitative estimate of drug-likeness (QED) is 0.817. The van der Waals surface area contributed by atoms with Crippen LogP contribution in [0.15, 0.2) is 6.20 Å². The number of aryl methyl sites for hydroxylation is 1. The third-order valence-electron chi connectivity index (χ3n) is 3.79. The van der Waals surface area contributed by atoms with E-state index in [9.17, 15) is 9.59 Å². The van der Waals surface area contributed by atoms with Gasteiger partial charge in [-0.05, 0) is 6.42 Å². The summed E-state index contributed by atoms with van der Waals surface area (Å²) in [5, 5.41) is 4.20. The summed E-state index contributed by atoms with van der Waals surface area (Å²) >= 11 is 0. The van der Waals surface area contributed by atoms with Crippen LogP contribution in [-0.4, -0.2) is 57.6 Å². The number of rotatable bonds is 3. The minimum absolute atomic E-state index is 0.0322. The van der Waals surface area contributed by atoms with Gasteiger partial charge in [0.2, 0.25) is 5.91 Å². The Morgan fingerprint density at radius 1 is 1.20 bits per heavy atom. The lowest BCUT2D eigenvalue weighted by Gasteiger charge is -2.34. The molecule has 20 heavy (non-hydrogen) atoms. The second-order valence-electron chi connectivity index (χ2n) is 5.18. The van der Waals surface area contributed by atoms with Gasteiger partial charge in [-0.2, -0.15) is 5.10 Å². The third kappa shape index (κ3) is 2.84. The molecule has 110 valence electrons. The molecule has 6 nitrogen and oxygen atoms in total. The zero-order valence-corrected chi connectivity index (χ0v) is 12.4. The molecule has 1 aromatic heterocycles. The number of carbonyl (C=O) groups excluding carboxylic acids is 2. The summed E-state index contributed by atoms with van der Waals surface area (Å²) < 4.78 is 1.78. The van der Waals surface area contributed by atoms with E-state index in [1.54, 1.807) is 22.7 Å². The highest BCUT2D eigenvalue weighted by Crippen LogP contribution is 2.14. The van der Waals surface area contributed by atoms with Crippen LogP contribution in [0.3, 0.4) is 0 Å². The summed E-state index contributed by atoms with van der Waals surface area (Å²) in [7, 11) is 1.87. The van der Waals surface area contributed by atoms with Crippen molar-refractivity contribution < 1.29 is 9.59 Å². The van der Waals surface area contributed by atoms with Crippen LogP contribution in [-0.2, 0) is 18.3 Å². The number of carbonyl (C=O) groups is 2. The van der Waals surface area contributed by atoms with Gasteiger partial charge in [0, 0.05) is 40.2 Å². The standard InChI is InChI=1S/C14H22N4O2/c1-4-5-13-12(10-15-16(13)3)14(20)18-8-6-17(7-9-18)11(2)19/h10H,4-9H2,1-3H3. The van der Waals surface area contributed by atoms with Gasteiger partial charge in [-0.1, -0.05) is 13.3 Å². The predicted octanol–water partition coefficient (Wildman–Crippen LogP) is 0.677. The molecular weight excluding hydrogens is 256 g/mol. The summed E-state index contributed by atoms with van der Waals surface area (Å²) in [4.78, 5) is 27.4. The van der Waals surface area contributed by atoms with Crippen LogP contribution < -0.4 is 0 Å². The minimum Gasteiger partial charge on any atom is -0.339 e. The molecule has 0 N–H and O–H groups in total. The van der Waals surface area contributed by atoms with Crippen LogP contribution in [0.5, 0.6) is 0 Å². The second kappa shape index (κ2) is 6.07. The highest BCUT2D eigenvalue weighted by Gasteiger charge is 2.25. The Hall–Kier alpha value is -1.85. The van der Waals surface area contributed by atoms with E-state index >= 15 is 0 Å². The largest absolute Gasteiger partial charge is 0.339 e. The van der Waals surface area contributed by atoms with Gasteiger partial charge in [-0.3, -0.25) is 14.3 Å². The Bertz CT molecular complexity index is 501. The fraction of sp³-hybridized carbons (Fsp3) is 0.643. The molecule has 2 heterocycles. The average molecular weight is 278 g/mol. The first kappa shape index (κ1) is 14.6. The van der Waals surface area contributed by atoms with Crippen molar-refractivity contribution in [3.05, 3.63) is 17.5 Å². The molecule has 1 fully saturated rings. The highest BCUT2D eigenvalue weighted by molar-refractivity contribution is 5.95. The lowest BCUT2D eigenvalue weighted by atomic mass is 10.1. The molecule has 1 aromatic rings. The SMILES string of the molecule is CCCc1c(C(=O)N2CCN(C(C)=O)CC2)cnn1C. The summed E-state index contributed by atoms with van der Waals surface area (Å²) in [5.41, 5.74) is 1.69. The van der Waals surface area contributed by atoms with Gasteiger partial charge >= 0.3 is 0 Å². The molecule has 0 atom stereocenters. The third-order valence-corrected chi connectivity index (χ3v) is 3.79. The maximum Gasteiger partial charge on any atom is 0.257 e. The summed E-state index contributed by atoms with van der Waals surface area (Å²) in [6.07, 6.45) is 3.49. The first-order valence-electron chi connectivity index (χ1n) is 7.10. The summed E-state index contributed by atoms with van der Waals surface area (Å²) in [6.45, 7) is 6.08. The molecule has 0 radical (unpaired) electrons. The Morgan fingerprint density at radius 3 is 2.35 bits per heavy atom. The van der Waals surface area contributed by atoms with Crippen LogP contribution >= 0.6 is 0 Å². The normalized spacial score (nSPS) is 15.6. The van der Waals surface area contributed by atoms with Crippen LogP contribution in [0.4, 0.5) is 0 Å². The molecule has 0 aromatic carbocycles. The second-order valence-corrected chi connectivity index (χ2v) is 5.18. The van der Waals surface area contributed by atoms with Crippen molar-refractivity contribution in [2.75, 3.05) is 26.2 Å². The molecule has 0 saturated carbocycles. The van der Waals surface area contributed by atoms with Crippen molar-refractivity contribution in [1.29, 1.82) is 0 Å². The first-order valence-corrected chi connectivity index (χ1v) is 7.10. The Kier molecular flexibility index (Phi) is 4.42. The van der Waals surface area contributed by atoms with Crippen LogP contribution in [0.25, 0.3) is 0 Å². The fourth-order valence-corrected chi connectivity index (χ4v) is 2.57. The molecule has 1 aliphatic rings.